The second kappa shape index (κ2) is 11.9. The summed E-state index contributed by atoms with van der Waals surface area (Å²) in [5.74, 6) is -2.09. The third-order valence-corrected chi connectivity index (χ3v) is 4.09. The van der Waals surface area contributed by atoms with Crippen molar-refractivity contribution in [3.63, 3.8) is 0 Å². The Morgan fingerprint density at radius 3 is 2.54 bits per heavy atom. The molecule has 9 heteroatoms. The lowest BCUT2D eigenvalue weighted by Gasteiger charge is -2.02. The molecule has 28 heavy (non-hydrogen) atoms. The van der Waals surface area contributed by atoms with Gasteiger partial charge in [0.15, 0.2) is 0 Å². The van der Waals surface area contributed by atoms with Crippen LogP contribution in [0.1, 0.15) is 36.3 Å². The summed E-state index contributed by atoms with van der Waals surface area (Å²) in [7, 11) is 1.71. The summed E-state index contributed by atoms with van der Waals surface area (Å²) in [6, 6.07) is 0. The molecule has 0 atom stereocenters. The van der Waals surface area contributed by atoms with Crippen LogP contribution in [0.25, 0.3) is 5.57 Å². The molecule has 0 radical (unpaired) electrons. The predicted octanol–water partition coefficient (Wildman–Crippen LogP) is 4.91. The second-order valence-electron chi connectivity index (χ2n) is 5.24. The topological polar surface area (TPSA) is 69.0 Å². The molecule has 0 bridgehead atoms. The molecule has 0 saturated carbocycles. The maximum absolute atomic E-state index is 13.9. The number of halogens is 2. The summed E-state index contributed by atoms with van der Waals surface area (Å²) in [4.78, 5) is 16.1. The van der Waals surface area contributed by atoms with Gasteiger partial charge >= 0.3 is 0 Å². The van der Waals surface area contributed by atoms with Crippen LogP contribution >= 0.6 is 11.3 Å². The molecule has 2 aromatic rings. The number of hydrogen-bond acceptors (Lipinski definition) is 5. The van der Waals surface area contributed by atoms with Crippen LogP contribution < -0.4 is 5.32 Å². The number of carbonyl (C=O) groups is 1. The molecule has 2 aromatic heterocycles. The number of ether oxygens (including phenoxy) is 1. The zero-order valence-electron chi connectivity index (χ0n) is 16.3. The quantitative estimate of drug-likeness (QED) is 0.659. The van der Waals surface area contributed by atoms with E-state index >= 15 is 0 Å². The maximum Gasteiger partial charge on any atom is 0.275 e. The van der Waals surface area contributed by atoms with E-state index in [0.29, 0.717) is 5.69 Å². The van der Waals surface area contributed by atoms with E-state index < -0.39 is 17.6 Å². The average molecular weight is 410 g/mol. The minimum atomic E-state index is -0.839. The van der Waals surface area contributed by atoms with Gasteiger partial charge in [-0.1, -0.05) is 12.7 Å². The number of allylic oxidation sites excluding steroid dienone is 5. The molecule has 2 heterocycles. The highest BCUT2D eigenvalue weighted by Gasteiger charge is 2.19. The Morgan fingerprint density at radius 2 is 2.07 bits per heavy atom. The molecule has 0 unspecified atom stereocenters. The van der Waals surface area contributed by atoms with Crippen molar-refractivity contribution in [2.24, 2.45) is 7.05 Å². The van der Waals surface area contributed by atoms with E-state index in [1.54, 1.807) is 13.2 Å². The standard InChI is InChI=1S/C15H14F2N4OS.C4H10O/c1-4-10(16)13(11(17)5-2)15-20-12(8-23-15)14(22)19-9-6-18-21(3)7-9;1-3-5-4-2/h4-8H,1H2,2-3H3,(H,19,22);3-4H2,1-2H3/b11-5+,13-10-;. The van der Waals surface area contributed by atoms with Gasteiger partial charge in [-0.25, -0.2) is 13.8 Å². The molecule has 6 nitrogen and oxygen atoms in total. The fraction of sp³-hybridized carbons (Fsp3) is 0.316. The fourth-order valence-corrected chi connectivity index (χ4v) is 2.79. The van der Waals surface area contributed by atoms with Crippen LogP contribution in [-0.4, -0.2) is 33.9 Å². The third kappa shape index (κ3) is 6.82. The number of rotatable bonds is 7. The minimum Gasteiger partial charge on any atom is -0.382 e. The van der Waals surface area contributed by atoms with Crippen molar-refractivity contribution in [3.05, 3.63) is 58.9 Å². The number of nitrogens with zero attached hydrogens (tertiary/aromatic N) is 3. The van der Waals surface area contributed by atoms with E-state index in [4.69, 9.17) is 4.74 Å². The molecule has 0 aliphatic heterocycles. The highest BCUT2D eigenvalue weighted by molar-refractivity contribution is 7.11. The van der Waals surface area contributed by atoms with Crippen LogP contribution in [-0.2, 0) is 11.8 Å². The largest absolute Gasteiger partial charge is 0.382 e. The summed E-state index contributed by atoms with van der Waals surface area (Å²) in [5, 5.41) is 8.02. The Bertz CT molecular complexity index is 854. The number of hydrogen-bond donors (Lipinski definition) is 1. The molecule has 0 fully saturated rings. The summed E-state index contributed by atoms with van der Waals surface area (Å²) in [6.07, 6.45) is 5.12. The van der Waals surface area contributed by atoms with Gasteiger partial charge in [0.05, 0.1) is 17.5 Å². The van der Waals surface area contributed by atoms with Gasteiger partial charge in [0.1, 0.15) is 22.4 Å². The van der Waals surface area contributed by atoms with Crippen molar-refractivity contribution in [2.45, 2.75) is 20.8 Å². The Morgan fingerprint density at radius 1 is 1.39 bits per heavy atom. The van der Waals surface area contributed by atoms with Crippen LogP contribution in [0.5, 0.6) is 0 Å². The number of amides is 1. The molecule has 0 spiro atoms. The lowest BCUT2D eigenvalue weighted by molar-refractivity contribution is 0.102. The number of carbonyl (C=O) groups excluding carboxylic acids is 1. The Balaban J connectivity index is 0.000000696. The first-order valence-electron chi connectivity index (χ1n) is 8.55. The van der Waals surface area contributed by atoms with E-state index in [2.05, 4.69) is 22.0 Å². The van der Waals surface area contributed by atoms with Gasteiger partial charge in [-0.15, -0.1) is 11.3 Å². The van der Waals surface area contributed by atoms with Crippen molar-refractivity contribution in [1.82, 2.24) is 14.8 Å². The Labute approximate surface area is 167 Å². The van der Waals surface area contributed by atoms with E-state index in [1.807, 2.05) is 13.8 Å². The monoisotopic (exact) mass is 410 g/mol. The zero-order valence-corrected chi connectivity index (χ0v) is 17.1. The molecule has 0 aromatic carbocycles. The number of thiazole rings is 1. The number of aryl methyl sites for hydroxylation is 1. The second-order valence-corrected chi connectivity index (χ2v) is 6.10. The smallest absolute Gasteiger partial charge is 0.275 e. The van der Waals surface area contributed by atoms with Crippen molar-refractivity contribution >= 4 is 28.5 Å². The molecule has 0 saturated heterocycles. The molecular formula is C19H24F2N4O2S. The van der Waals surface area contributed by atoms with E-state index in [9.17, 15) is 13.6 Å². The number of aromatic nitrogens is 3. The Kier molecular flexibility index (Phi) is 9.97. The summed E-state index contributed by atoms with van der Waals surface area (Å²) in [6.45, 7) is 10.4. The van der Waals surface area contributed by atoms with Crippen molar-refractivity contribution in [3.8, 4) is 0 Å². The minimum absolute atomic E-state index is 0.0621. The predicted molar refractivity (Wildman–Crippen MR) is 109 cm³/mol. The van der Waals surface area contributed by atoms with Gasteiger partial charge in [0.2, 0.25) is 0 Å². The first-order valence-corrected chi connectivity index (χ1v) is 9.43. The van der Waals surface area contributed by atoms with Crippen molar-refractivity contribution in [2.75, 3.05) is 18.5 Å². The average Bonchev–Trinajstić information content (AvgIpc) is 3.32. The fourth-order valence-electron chi connectivity index (χ4n) is 1.94. The van der Waals surface area contributed by atoms with E-state index in [-0.39, 0.29) is 16.3 Å². The molecule has 1 amide bonds. The first-order chi connectivity index (χ1) is 13.4. The van der Waals surface area contributed by atoms with Crippen LogP contribution in [0.3, 0.4) is 0 Å². The number of anilines is 1. The van der Waals surface area contributed by atoms with Crippen LogP contribution in [0, 0.1) is 0 Å². The SMILES string of the molecule is C=C/C(F)=C(\C(F)=C/C)c1nc(C(=O)Nc2cnn(C)c2)cs1.CCOCC. The number of nitrogens with one attached hydrogen (secondary N) is 1. The van der Waals surface area contributed by atoms with Crippen LogP contribution in [0.15, 0.2) is 48.2 Å². The van der Waals surface area contributed by atoms with Crippen molar-refractivity contribution < 1.29 is 18.3 Å². The first kappa shape index (κ1) is 23.4. The van der Waals surface area contributed by atoms with Gasteiger partial charge in [-0.2, -0.15) is 5.10 Å². The molecule has 2 rings (SSSR count). The lowest BCUT2D eigenvalue weighted by Crippen LogP contribution is -2.12. The third-order valence-electron chi connectivity index (χ3n) is 3.23. The molecule has 152 valence electrons. The van der Waals surface area contributed by atoms with Gasteiger partial charge in [-0.05, 0) is 26.8 Å². The van der Waals surface area contributed by atoms with Gasteiger partial charge in [-0.3, -0.25) is 9.48 Å². The highest BCUT2D eigenvalue weighted by atomic mass is 32.1. The molecular weight excluding hydrogens is 386 g/mol. The lowest BCUT2D eigenvalue weighted by atomic mass is 10.2. The van der Waals surface area contributed by atoms with E-state index in [0.717, 1.165) is 36.7 Å². The highest BCUT2D eigenvalue weighted by Crippen LogP contribution is 2.31. The Hall–Kier alpha value is -2.65. The van der Waals surface area contributed by atoms with Crippen molar-refractivity contribution in [1.29, 1.82) is 0 Å². The maximum atomic E-state index is 13.9. The normalized spacial score (nSPS) is 12.0. The molecule has 0 aliphatic rings. The van der Waals surface area contributed by atoms with E-state index in [1.165, 1.54) is 23.2 Å². The van der Waals surface area contributed by atoms with Gasteiger partial charge in [0.25, 0.3) is 5.91 Å². The summed E-state index contributed by atoms with van der Waals surface area (Å²) in [5.41, 5.74) is 0.250. The van der Waals surface area contributed by atoms with Gasteiger partial charge in [0, 0.05) is 31.8 Å². The summed E-state index contributed by atoms with van der Waals surface area (Å²) >= 11 is 0.970. The zero-order chi connectivity index (χ0) is 21.1. The molecule has 1 N–H and O–H groups in total. The van der Waals surface area contributed by atoms with Crippen LogP contribution in [0.4, 0.5) is 14.5 Å². The molecule has 0 aliphatic carbocycles. The van der Waals surface area contributed by atoms with Crippen LogP contribution in [0.2, 0.25) is 0 Å². The van der Waals surface area contributed by atoms with Gasteiger partial charge < -0.3 is 10.1 Å². The summed E-state index contributed by atoms with van der Waals surface area (Å²) < 4.78 is 34.0.